The molecule has 0 spiro atoms. The topological polar surface area (TPSA) is 279 Å². The highest BCUT2D eigenvalue weighted by Crippen LogP contribution is 2.18. The number of carboxylic acids is 3. The van der Waals surface area contributed by atoms with E-state index < -0.39 is 54.6 Å². The molecule has 6 N–H and O–H groups in total. The number of carbonyl (C=O) groups excluding carboxylic acids is 3. The Morgan fingerprint density at radius 2 is 1.32 bits per heavy atom. The molecule has 0 fully saturated rings. The minimum absolute atomic E-state index is 0.0348. The molecular weight excluding hydrogens is 696 g/mol. The first-order valence-electron chi connectivity index (χ1n) is 16.9. The van der Waals surface area contributed by atoms with Gasteiger partial charge < -0.3 is 36.0 Å². The Morgan fingerprint density at radius 1 is 0.755 bits per heavy atom. The van der Waals surface area contributed by atoms with Gasteiger partial charge in [-0.05, 0) is 66.0 Å². The molecule has 2 aromatic heterocycles. The number of carboxylic acid groups (broad SMARTS) is 3. The van der Waals surface area contributed by atoms with E-state index in [4.69, 9.17) is 14.9 Å². The Balaban J connectivity index is 1.68. The Hall–Kier alpha value is -5.21. The molecule has 0 unspecified atom stereocenters. The van der Waals surface area contributed by atoms with Gasteiger partial charge in [0.2, 0.25) is 23.5 Å². The third-order valence-electron chi connectivity index (χ3n) is 7.59. The van der Waals surface area contributed by atoms with Gasteiger partial charge >= 0.3 is 17.9 Å². The summed E-state index contributed by atoms with van der Waals surface area (Å²) < 4.78 is 6.03. The summed E-state index contributed by atoms with van der Waals surface area (Å²) in [4.78, 5) is 77.6. The van der Waals surface area contributed by atoms with Crippen molar-refractivity contribution < 1.29 is 48.8 Å². The van der Waals surface area contributed by atoms with Crippen molar-refractivity contribution in [1.29, 1.82) is 0 Å². The van der Waals surface area contributed by atoms with E-state index in [1.165, 1.54) is 11.1 Å². The van der Waals surface area contributed by atoms with E-state index in [-0.39, 0.29) is 56.7 Å². The number of amides is 3. The van der Waals surface area contributed by atoms with E-state index in [9.17, 15) is 33.9 Å². The molecule has 0 atom stereocenters. The van der Waals surface area contributed by atoms with E-state index in [1.807, 2.05) is 27.7 Å². The van der Waals surface area contributed by atoms with Crippen LogP contribution in [0.1, 0.15) is 65.6 Å². The lowest BCUT2D eigenvalue weighted by Gasteiger charge is -2.30. The summed E-state index contributed by atoms with van der Waals surface area (Å²) in [6.45, 7) is 7.67. The first-order chi connectivity index (χ1) is 24.8. The normalized spacial score (nSPS) is 11.7. The van der Waals surface area contributed by atoms with Gasteiger partial charge in [-0.25, -0.2) is 0 Å². The lowest BCUT2D eigenvalue weighted by molar-refractivity contribution is -0.143. The number of rotatable bonds is 25. The highest BCUT2D eigenvalue weighted by molar-refractivity contribution is 5.91. The summed E-state index contributed by atoms with van der Waals surface area (Å²) in [6.07, 6.45) is 3.01. The molecule has 0 saturated heterocycles. The van der Waals surface area contributed by atoms with Crippen LogP contribution in [0.4, 0.5) is 5.69 Å². The Morgan fingerprint density at radius 3 is 1.87 bits per heavy atom. The molecule has 53 heavy (non-hydrogen) atoms. The number of pyridine rings is 1. The van der Waals surface area contributed by atoms with Crippen molar-refractivity contribution >= 4 is 41.3 Å². The minimum Gasteiger partial charge on any atom is -0.480 e. The number of hydrogen-bond donors (Lipinski definition) is 6. The van der Waals surface area contributed by atoms with Crippen LogP contribution in [-0.4, -0.2) is 150 Å². The summed E-state index contributed by atoms with van der Waals surface area (Å²) in [7, 11) is 0. The quantitative estimate of drug-likeness (QED) is 0.0791. The van der Waals surface area contributed by atoms with Crippen LogP contribution in [0, 0.1) is 6.92 Å². The standard InChI is InChI=1S/C33H50N10O10/c1-22-38-40-31(41-39-22)24-10-9-23(17-35-24)36-25(44)7-6-8-26(45)37-32(2,3)12-16-53-33(4,5)11-13-34-27(46)18-42(19-28(47)48)14-15-43(20-29(49)50)21-30(51)52/h9-10,17H,6-8,11-16,18-21H2,1-5H3,(H,34,46)(H,36,44)(H,37,45)(H,47,48)(H,49,50)(H,51,52). The maximum Gasteiger partial charge on any atom is 0.317 e. The highest BCUT2D eigenvalue weighted by atomic mass is 16.5. The van der Waals surface area contributed by atoms with E-state index in [0.29, 0.717) is 43.1 Å². The van der Waals surface area contributed by atoms with Crippen molar-refractivity contribution in [2.45, 2.75) is 77.9 Å². The van der Waals surface area contributed by atoms with Gasteiger partial charge in [0.25, 0.3) is 0 Å². The summed E-state index contributed by atoms with van der Waals surface area (Å²) >= 11 is 0. The maximum atomic E-state index is 12.6. The van der Waals surface area contributed by atoms with Gasteiger partial charge in [-0.2, -0.15) is 0 Å². The number of nitrogens with one attached hydrogen (secondary N) is 3. The number of aliphatic carboxylic acids is 3. The SMILES string of the molecule is Cc1nnc(-c2ccc(NC(=O)CCCC(=O)NC(C)(C)CCOC(C)(C)CCNC(=O)CN(CCN(CC(=O)O)CC(=O)O)CC(=O)O)cn2)nn1. The average molecular weight is 747 g/mol. The van der Waals surface area contributed by atoms with Crippen LogP contribution in [-0.2, 0) is 33.5 Å². The van der Waals surface area contributed by atoms with Crippen molar-refractivity contribution in [1.82, 2.24) is 45.8 Å². The zero-order valence-corrected chi connectivity index (χ0v) is 30.8. The van der Waals surface area contributed by atoms with Crippen LogP contribution in [0.25, 0.3) is 11.5 Å². The number of nitrogens with zero attached hydrogens (tertiary/aromatic N) is 7. The first kappa shape index (κ1) is 44.0. The number of anilines is 1. The molecule has 292 valence electrons. The van der Waals surface area contributed by atoms with E-state index >= 15 is 0 Å². The summed E-state index contributed by atoms with van der Waals surface area (Å²) in [5, 5.41) is 51.2. The monoisotopic (exact) mass is 746 g/mol. The largest absolute Gasteiger partial charge is 0.480 e. The molecule has 2 heterocycles. The Bertz CT molecular complexity index is 1520. The zero-order valence-electron chi connectivity index (χ0n) is 30.8. The van der Waals surface area contributed by atoms with E-state index in [2.05, 4.69) is 41.3 Å². The number of hydrogen-bond acceptors (Lipinski definition) is 14. The van der Waals surface area contributed by atoms with Crippen molar-refractivity contribution in [3.8, 4) is 11.5 Å². The highest BCUT2D eigenvalue weighted by Gasteiger charge is 2.24. The van der Waals surface area contributed by atoms with Crippen molar-refractivity contribution in [2.75, 3.05) is 57.7 Å². The summed E-state index contributed by atoms with van der Waals surface area (Å²) in [5.41, 5.74) is -0.297. The molecule has 3 amide bonds. The van der Waals surface area contributed by atoms with E-state index in [1.54, 1.807) is 19.1 Å². The lowest BCUT2D eigenvalue weighted by atomic mass is 10.00. The summed E-state index contributed by atoms with van der Waals surface area (Å²) in [6, 6.07) is 3.30. The molecule has 0 aliphatic carbocycles. The molecule has 0 aliphatic heterocycles. The van der Waals surface area contributed by atoms with Gasteiger partial charge in [0.1, 0.15) is 5.69 Å². The van der Waals surface area contributed by atoms with Crippen LogP contribution < -0.4 is 16.0 Å². The molecule has 20 heteroatoms. The van der Waals surface area contributed by atoms with Crippen LogP contribution in [0.15, 0.2) is 18.3 Å². The molecule has 2 aromatic rings. The molecule has 0 radical (unpaired) electrons. The van der Waals surface area contributed by atoms with E-state index in [0.717, 1.165) is 4.90 Å². The second kappa shape index (κ2) is 21.3. The molecule has 0 aromatic carbocycles. The number of aromatic nitrogens is 5. The summed E-state index contributed by atoms with van der Waals surface area (Å²) in [5.74, 6) is -3.87. The van der Waals surface area contributed by atoms with Crippen molar-refractivity contribution in [3.05, 3.63) is 24.2 Å². The smallest absolute Gasteiger partial charge is 0.317 e. The molecule has 0 bridgehead atoms. The first-order valence-corrected chi connectivity index (χ1v) is 16.9. The van der Waals surface area contributed by atoms with Gasteiger partial charge in [0.05, 0.1) is 43.7 Å². The zero-order chi connectivity index (χ0) is 39.6. The van der Waals surface area contributed by atoms with Crippen LogP contribution in [0.5, 0.6) is 0 Å². The maximum absolute atomic E-state index is 12.6. The Labute approximate surface area is 307 Å². The van der Waals surface area contributed by atoms with Gasteiger partial charge in [-0.1, -0.05) is 0 Å². The lowest BCUT2D eigenvalue weighted by Crippen LogP contribution is -2.46. The molecular formula is C33H50N10O10. The van der Waals surface area contributed by atoms with Crippen LogP contribution in [0.3, 0.4) is 0 Å². The van der Waals surface area contributed by atoms with Crippen molar-refractivity contribution in [2.24, 2.45) is 0 Å². The third kappa shape index (κ3) is 19.3. The Kier molecular flexibility index (Phi) is 17.7. The van der Waals surface area contributed by atoms with Crippen molar-refractivity contribution in [3.63, 3.8) is 0 Å². The minimum atomic E-state index is -1.23. The van der Waals surface area contributed by atoms with Crippen LogP contribution >= 0.6 is 0 Å². The van der Waals surface area contributed by atoms with Gasteiger partial charge in [-0.15, -0.1) is 20.4 Å². The molecule has 2 rings (SSSR count). The third-order valence-corrected chi connectivity index (χ3v) is 7.59. The van der Waals surface area contributed by atoms with Gasteiger partial charge in [0, 0.05) is 44.6 Å². The molecule has 0 saturated carbocycles. The fraction of sp³-hybridized carbons (Fsp3) is 0.606. The second-order valence-electron chi connectivity index (χ2n) is 13.6. The van der Waals surface area contributed by atoms with Gasteiger partial charge in [-0.3, -0.25) is 43.6 Å². The van der Waals surface area contributed by atoms with Gasteiger partial charge in [0.15, 0.2) is 5.82 Å². The fourth-order valence-corrected chi connectivity index (χ4v) is 4.82. The predicted octanol–water partition coefficient (Wildman–Crippen LogP) is 0.190. The average Bonchev–Trinajstić information content (AvgIpc) is 3.03. The number of ether oxygens (including phenoxy) is 1. The second-order valence-corrected chi connectivity index (χ2v) is 13.6. The predicted molar refractivity (Wildman–Crippen MR) is 188 cm³/mol. The number of carbonyl (C=O) groups is 6. The number of aryl methyl sites for hydroxylation is 1. The fourth-order valence-electron chi connectivity index (χ4n) is 4.82. The van der Waals surface area contributed by atoms with Crippen LogP contribution in [0.2, 0.25) is 0 Å². The molecule has 20 nitrogen and oxygen atoms in total. The molecule has 0 aliphatic rings.